The van der Waals surface area contributed by atoms with Crippen molar-refractivity contribution in [3.05, 3.63) is 45.8 Å². The summed E-state index contributed by atoms with van der Waals surface area (Å²) in [7, 11) is 0. The standard InChI is InChI=1S/C22H25FN6OS/c1-12-2-4-15-18(24)19(31-22(15)26-12)21(30)27-14-3-5-17-13(10-14)11-16(23)20(28-17)29-8-6-25-7-9-29/h2,4,11,14,25H,3,5-10,24H2,1H3,(H,27,30)/t14-/m0/s1. The predicted molar refractivity (Wildman–Crippen MR) is 121 cm³/mol. The molecule has 0 spiro atoms. The van der Waals surface area contributed by atoms with Crippen LogP contribution in [0.3, 0.4) is 0 Å². The lowest BCUT2D eigenvalue weighted by Crippen LogP contribution is -2.44. The van der Waals surface area contributed by atoms with Crippen LogP contribution < -0.4 is 21.3 Å². The molecule has 1 aliphatic carbocycles. The highest BCUT2D eigenvalue weighted by Gasteiger charge is 2.27. The second-order valence-corrected chi connectivity index (χ2v) is 9.20. The predicted octanol–water partition coefficient (Wildman–Crippen LogP) is 2.42. The van der Waals surface area contributed by atoms with Gasteiger partial charge in [-0.3, -0.25) is 4.79 Å². The fourth-order valence-corrected chi connectivity index (χ4v) is 5.40. The van der Waals surface area contributed by atoms with E-state index in [4.69, 9.17) is 5.73 Å². The van der Waals surface area contributed by atoms with Gasteiger partial charge in [-0.1, -0.05) is 0 Å². The molecular weight excluding hydrogens is 415 g/mol. The number of amides is 1. The van der Waals surface area contributed by atoms with Gasteiger partial charge in [0.1, 0.15) is 9.71 Å². The Hall–Kier alpha value is -2.78. The summed E-state index contributed by atoms with van der Waals surface area (Å²) < 4.78 is 14.8. The van der Waals surface area contributed by atoms with E-state index in [0.717, 1.165) is 59.8 Å². The summed E-state index contributed by atoms with van der Waals surface area (Å²) >= 11 is 1.31. The van der Waals surface area contributed by atoms with Gasteiger partial charge in [-0.15, -0.1) is 11.3 Å². The van der Waals surface area contributed by atoms with Crippen LogP contribution in [0.25, 0.3) is 10.2 Å². The van der Waals surface area contributed by atoms with Crippen molar-refractivity contribution in [3.63, 3.8) is 0 Å². The van der Waals surface area contributed by atoms with Gasteiger partial charge in [0, 0.05) is 49.0 Å². The number of anilines is 2. The van der Waals surface area contributed by atoms with Crippen molar-refractivity contribution in [3.8, 4) is 0 Å². The molecule has 1 fully saturated rings. The Morgan fingerprint density at radius 1 is 1.32 bits per heavy atom. The largest absolute Gasteiger partial charge is 0.397 e. The van der Waals surface area contributed by atoms with Crippen molar-refractivity contribution in [1.29, 1.82) is 0 Å². The van der Waals surface area contributed by atoms with Gasteiger partial charge in [0.05, 0.1) is 5.69 Å². The van der Waals surface area contributed by atoms with E-state index in [1.54, 1.807) is 6.07 Å². The minimum atomic E-state index is -0.289. The van der Waals surface area contributed by atoms with Crippen molar-refractivity contribution in [2.24, 2.45) is 0 Å². The molecule has 0 radical (unpaired) electrons. The Kier molecular flexibility index (Phi) is 5.23. The molecule has 3 aromatic rings. The Balaban J connectivity index is 1.32. The summed E-state index contributed by atoms with van der Waals surface area (Å²) in [5, 5.41) is 7.17. The van der Waals surface area contributed by atoms with E-state index in [-0.39, 0.29) is 17.8 Å². The van der Waals surface area contributed by atoms with E-state index in [1.807, 2.05) is 24.0 Å². The molecule has 162 valence electrons. The van der Waals surface area contributed by atoms with E-state index in [9.17, 15) is 9.18 Å². The molecule has 0 unspecified atom stereocenters. The second kappa shape index (κ2) is 8.05. The second-order valence-electron chi connectivity index (χ2n) is 8.20. The minimum absolute atomic E-state index is 0.0782. The zero-order valence-corrected chi connectivity index (χ0v) is 18.2. The first-order valence-electron chi connectivity index (χ1n) is 10.6. The van der Waals surface area contributed by atoms with Crippen LogP contribution in [-0.4, -0.2) is 48.1 Å². The van der Waals surface area contributed by atoms with Crippen molar-refractivity contribution >= 4 is 39.0 Å². The van der Waals surface area contributed by atoms with Gasteiger partial charge in [-0.2, -0.15) is 0 Å². The number of hydrogen-bond donors (Lipinski definition) is 3. The molecule has 0 bridgehead atoms. The number of aromatic nitrogens is 2. The van der Waals surface area contributed by atoms with Crippen LogP contribution in [0.5, 0.6) is 0 Å². The Labute approximate surface area is 183 Å². The highest BCUT2D eigenvalue weighted by atomic mass is 32.1. The lowest BCUT2D eigenvalue weighted by atomic mass is 9.91. The maximum Gasteiger partial charge on any atom is 0.263 e. The number of rotatable bonds is 3. The number of thiophene rings is 1. The molecule has 7 nitrogen and oxygen atoms in total. The number of fused-ring (bicyclic) bond motifs is 2. The molecule has 1 saturated heterocycles. The third kappa shape index (κ3) is 3.83. The highest BCUT2D eigenvalue weighted by Crippen LogP contribution is 2.33. The number of carbonyl (C=O) groups is 1. The monoisotopic (exact) mass is 440 g/mol. The first-order chi connectivity index (χ1) is 15.0. The summed E-state index contributed by atoms with van der Waals surface area (Å²) in [5.74, 6) is -0.0381. The summed E-state index contributed by atoms with van der Waals surface area (Å²) in [6.45, 7) is 5.10. The fourth-order valence-electron chi connectivity index (χ4n) is 4.36. The number of hydrogen-bond acceptors (Lipinski definition) is 7. The zero-order chi connectivity index (χ0) is 21.5. The van der Waals surface area contributed by atoms with E-state index in [1.165, 1.54) is 11.3 Å². The van der Waals surface area contributed by atoms with Gasteiger partial charge in [0.15, 0.2) is 11.6 Å². The number of aryl methyl sites for hydroxylation is 2. The fraction of sp³-hybridized carbons (Fsp3) is 0.409. The lowest BCUT2D eigenvalue weighted by molar-refractivity contribution is 0.0938. The summed E-state index contributed by atoms with van der Waals surface area (Å²) in [6, 6.07) is 5.31. The molecule has 4 heterocycles. The first-order valence-corrected chi connectivity index (χ1v) is 11.4. The Morgan fingerprint density at radius 2 is 2.13 bits per heavy atom. The summed E-state index contributed by atoms with van der Waals surface area (Å²) in [5.41, 5.74) is 9.38. The van der Waals surface area contributed by atoms with Crippen LogP contribution in [0, 0.1) is 12.7 Å². The molecule has 1 aliphatic heterocycles. The van der Waals surface area contributed by atoms with Gasteiger partial charge < -0.3 is 21.3 Å². The molecule has 0 saturated carbocycles. The van der Waals surface area contributed by atoms with Crippen LogP contribution in [0.2, 0.25) is 0 Å². The molecule has 3 aromatic heterocycles. The van der Waals surface area contributed by atoms with Crippen molar-refractivity contribution in [2.45, 2.75) is 32.2 Å². The third-order valence-corrected chi connectivity index (χ3v) is 7.13. The van der Waals surface area contributed by atoms with Crippen LogP contribution >= 0.6 is 11.3 Å². The van der Waals surface area contributed by atoms with Gasteiger partial charge >= 0.3 is 0 Å². The number of nitrogen functional groups attached to an aromatic ring is 1. The summed E-state index contributed by atoms with van der Waals surface area (Å²) in [4.78, 5) is 25.3. The molecule has 2 aliphatic rings. The van der Waals surface area contributed by atoms with Crippen molar-refractivity contribution < 1.29 is 9.18 Å². The summed E-state index contributed by atoms with van der Waals surface area (Å²) in [6.07, 6.45) is 2.04. The van der Waals surface area contributed by atoms with Crippen LogP contribution in [0.15, 0.2) is 18.2 Å². The van der Waals surface area contributed by atoms with Gasteiger partial charge in [-0.25, -0.2) is 14.4 Å². The number of nitrogens with zero attached hydrogens (tertiary/aromatic N) is 3. The average molecular weight is 441 g/mol. The minimum Gasteiger partial charge on any atom is -0.397 e. The number of pyridine rings is 2. The maximum atomic E-state index is 14.8. The first kappa shape index (κ1) is 20.1. The number of piperazine rings is 1. The quantitative estimate of drug-likeness (QED) is 0.579. The molecule has 31 heavy (non-hydrogen) atoms. The molecule has 0 aromatic carbocycles. The van der Waals surface area contributed by atoms with E-state index in [0.29, 0.717) is 29.2 Å². The topological polar surface area (TPSA) is 96.2 Å². The third-order valence-electron chi connectivity index (χ3n) is 6.01. The molecule has 4 N–H and O–H groups in total. The van der Waals surface area contributed by atoms with Crippen LogP contribution in [-0.2, 0) is 12.8 Å². The van der Waals surface area contributed by atoms with E-state index in [2.05, 4.69) is 20.6 Å². The number of nitrogens with one attached hydrogen (secondary N) is 2. The highest BCUT2D eigenvalue weighted by molar-refractivity contribution is 7.21. The SMILES string of the molecule is Cc1ccc2c(N)c(C(=O)N[C@H]3CCc4nc(N5CCNCC5)c(F)cc4C3)sc2n1. The normalized spacial score (nSPS) is 18.8. The van der Waals surface area contributed by atoms with Crippen LogP contribution in [0.1, 0.15) is 33.0 Å². The maximum absolute atomic E-state index is 14.8. The molecule has 1 atom stereocenters. The number of nitrogens with two attached hydrogens (primary N) is 1. The Bertz CT molecular complexity index is 1160. The van der Waals surface area contributed by atoms with Gasteiger partial charge in [0.2, 0.25) is 0 Å². The Morgan fingerprint density at radius 3 is 2.94 bits per heavy atom. The van der Waals surface area contributed by atoms with Crippen LogP contribution in [0.4, 0.5) is 15.9 Å². The van der Waals surface area contributed by atoms with Gasteiger partial charge in [-0.05, 0) is 49.9 Å². The van der Waals surface area contributed by atoms with E-state index < -0.39 is 0 Å². The molecular formula is C22H25FN6OS. The molecule has 5 rings (SSSR count). The number of carbonyl (C=O) groups excluding carboxylic acids is 1. The lowest BCUT2D eigenvalue weighted by Gasteiger charge is -2.31. The van der Waals surface area contributed by atoms with Crippen molar-refractivity contribution in [1.82, 2.24) is 20.6 Å². The van der Waals surface area contributed by atoms with Crippen molar-refractivity contribution in [2.75, 3.05) is 36.8 Å². The number of halogens is 1. The smallest absolute Gasteiger partial charge is 0.263 e. The molecule has 9 heteroatoms. The van der Waals surface area contributed by atoms with Gasteiger partial charge in [0.25, 0.3) is 5.91 Å². The molecule has 1 amide bonds. The zero-order valence-electron chi connectivity index (χ0n) is 17.4. The average Bonchev–Trinajstić information content (AvgIpc) is 3.09. The van der Waals surface area contributed by atoms with E-state index >= 15 is 0 Å².